The second-order valence-electron chi connectivity index (χ2n) is 3.80. The third-order valence-corrected chi connectivity index (χ3v) is 2.23. The lowest BCUT2D eigenvalue weighted by atomic mass is 10.2. The molecule has 2 aromatic rings. The first-order chi connectivity index (χ1) is 9.15. The number of aromatic nitrogens is 2. The number of nitrogens with two attached hydrogens (primary N) is 1. The number of nitrogens with one attached hydrogen (secondary N) is 1. The molecule has 0 aliphatic heterocycles. The minimum Gasteiger partial charge on any atom is -0.396 e. The fourth-order valence-corrected chi connectivity index (χ4v) is 1.41. The van der Waals surface area contributed by atoms with E-state index in [1.165, 1.54) is 6.92 Å². The lowest BCUT2D eigenvalue weighted by molar-refractivity contribution is -0.114. The number of carbonyl (C=O) groups excluding carboxylic acids is 1. The summed E-state index contributed by atoms with van der Waals surface area (Å²) in [5.41, 5.74) is 7.53. The molecule has 19 heavy (non-hydrogen) atoms. The first kappa shape index (κ1) is 12.6. The largest absolute Gasteiger partial charge is 0.396 e. The topological polar surface area (TPSA) is 80.9 Å². The van der Waals surface area contributed by atoms with Crippen molar-refractivity contribution < 1.29 is 4.79 Å². The van der Waals surface area contributed by atoms with E-state index in [1.54, 1.807) is 36.7 Å². The van der Waals surface area contributed by atoms with Crippen LogP contribution in [-0.4, -0.2) is 15.9 Å². The Morgan fingerprint density at radius 2 is 2.11 bits per heavy atom. The van der Waals surface area contributed by atoms with Gasteiger partial charge in [0.2, 0.25) is 5.91 Å². The smallest absolute Gasteiger partial charge is 0.222 e. The van der Waals surface area contributed by atoms with Crippen molar-refractivity contribution in [3.05, 3.63) is 47.9 Å². The second-order valence-corrected chi connectivity index (χ2v) is 3.80. The predicted octanol–water partition coefficient (Wildman–Crippen LogP) is 1.42. The van der Waals surface area contributed by atoms with Crippen LogP contribution in [0.2, 0.25) is 0 Å². The van der Waals surface area contributed by atoms with Gasteiger partial charge in [-0.3, -0.25) is 4.79 Å². The third kappa shape index (κ3) is 3.54. The SMILES string of the molecule is CC(=O)Nc1cc(C#Cc2ncccc2N)ccn1. The van der Waals surface area contributed by atoms with Crippen LogP contribution < -0.4 is 11.1 Å². The van der Waals surface area contributed by atoms with Gasteiger partial charge in [0, 0.05) is 24.9 Å². The summed E-state index contributed by atoms with van der Waals surface area (Å²) in [5, 5.41) is 2.60. The molecular formula is C14H12N4O. The lowest BCUT2D eigenvalue weighted by Gasteiger charge is -2.00. The van der Waals surface area contributed by atoms with E-state index < -0.39 is 0 Å². The van der Waals surface area contributed by atoms with Crippen LogP contribution in [0.3, 0.4) is 0 Å². The van der Waals surface area contributed by atoms with Crippen molar-refractivity contribution >= 4 is 17.4 Å². The van der Waals surface area contributed by atoms with E-state index in [0.29, 0.717) is 17.2 Å². The molecule has 2 aromatic heterocycles. The highest BCUT2D eigenvalue weighted by Gasteiger charge is 1.98. The van der Waals surface area contributed by atoms with E-state index in [1.807, 2.05) is 0 Å². The van der Waals surface area contributed by atoms with Crippen LogP contribution in [0.5, 0.6) is 0 Å². The average molecular weight is 252 g/mol. The molecule has 0 aromatic carbocycles. The van der Waals surface area contributed by atoms with Crippen molar-refractivity contribution in [3.63, 3.8) is 0 Å². The Morgan fingerprint density at radius 1 is 1.26 bits per heavy atom. The average Bonchev–Trinajstić information content (AvgIpc) is 2.37. The molecule has 0 unspecified atom stereocenters. The number of carbonyl (C=O) groups is 1. The van der Waals surface area contributed by atoms with E-state index in [2.05, 4.69) is 27.1 Å². The van der Waals surface area contributed by atoms with E-state index in [0.717, 1.165) is 5.56 Å². The molecule has 0 spiro atoms. The van der Waals surface area contributed by atoms with Crippen molar-refractivity contribution in [2.75, 3.05) is 11.1 Å². The molecule has 0 radical (unpaired) electrons. The maximum Gasteiger partial charge on any atom is 0.222 e. The van der Waals surface area contributed by atoms with Crippen LogP contribution in [0.1, 0.15) is 18.2 Å². The molecule has 0 bridgehead atoms. The highest BCUT2D eigenvalue weighted by atomic mass is 16.1. The monoisotopic (exact) mass is 252 g/mol. The molecule has 0 aliphatic carbocycles. The molecule has 0 aliphatic rings. The predicted molar refractivity (Wildman–Crippen MR) is 73.2 cm³/mol. The molecule has 0 saturated heterocycles. The van der Waals surface area contributed by atoms with Crippen LogP contribution in [-0.2, 0) is 4.79 Å². The molecule has 1 amide bonds. The number of hydrogen-bond acceptors (Lipinski definition) is 4. The van der Waals surface area contributed by atoms with Gasteiger partial charge in [-0.05, 0) is 30.2 Å². The Kier molecular flexibility index (Phi) is 3.74. The Balaban J connectivity index is 2.25. The molecule has 5 heteroatoms. The molecule has 94 valence electrons. The van der Waals surface area contributed by atoms with Crippen molar-refractivity contribution in [2.45, 2.75) is 6.92 Å². The van der Waals surface area contributed by atoms with Gasteiger partial charge in [-0.1, -0.05) is 5.92 Å². The van der Waals surface area contributed by atoms with Gasteiger partial charge in [0.05, 0.1) is 5.69 Å². The lowest BCUT2D eigenvalue weighted by Crippen LogP contribution is -2.07. The zero-order chi connectivity index (χ0) is 13.7. The molecule has 2 rings (SSSR count). The summed E-state index contributed by atoms with van der Waals surface area (Å²) in [4.78, 5) is 19.0. The van der Waals surface area contributed by atoms with Gasteiger partial charge in [-0.2, -0.15) is 0 Å². The maximum absolute atomic E-state index is 10.9. The molecule has 0 saturated carbocycles. The van der Waals surface area contributed by atoms with Crippen LogP contribution in [0, 0.1) is 11.8 Å². The molecule has 3 N–H and O–H groups in total. The van der Waals surface area contributed by atoms with E-state index in [4.69, 9.17) is 5.73 Å². The molecule has 0 fully saturated rings. The van der Waals surface area contributed by atoms with Gasteiger partial charge in [-0.25, -0.2) is 9.97 Å². The molecule has 5 nitrogen and oxygen atoms in total. The molecule has 0 atom stereocenters. The summed E-state index contributed by atoms with van der Waals surface area (Å²) >= 11 is 0. The summed E-state index contributed by atoms with van der Waals surface area (Å²) in [5.74, 6) is 6.11. The van der Waals surface area contributed by atoms with Gasteiger partial charge in [0.1, 0.15) is 11.5 Å². The number of nitrogens with zero attached hydrogens (tertiary/aromatic N) is 2. The second kappa shape index (κ2) is 5.65. The van der Waals surface area contributed by atoms with Gasteiger partial charge in [-0.15, -0.1) is 0 Å². The maximum atomic E-state index is 10.9. The van der Waals surface area contributed by atoms with Gasteiger partial charge < -0.3 is 11.1 Å². The zero-order valence-electron chi connectivity index (χ0n) is 10.3. The number of pyridine rings is 2. The third-order valence-electron chi connectivity index (χ3n) is 2.23. The number of amides is 1. The van der Waals surface area contributed by atoms with Crippen molar-refractivity contribution in [1.29, 1.82) is 0 Å². The van der Waals surface area contributed by atoms with Crippen molar-refractivity contribution in [1.82, 2.24) is 9.97 Å². The van der Waals surface area contributed by atoms with E-state index in [-0.39, 0.29) is 5.91 Å². The van der Waals surface area contributed by atoms with Crippen molar-refractivity contribution in [2.24, 2.45) is 0 Å². The number of hydrogen-bond donors (Lipinski definition) is 2. The molecular weight excluding hydrogens is 240 g/mol. The fraction of sp³-hybridized carbons (Fsp3) is 0.0714. The summed E-state index contributed by atoms with van der Waals surface area (Å²) in [6, 6.07) is 6.93. The quantitative estimate of drug-likeness (QED) is 0.752. The summed E-state index contributed by atoms with van der Waals surface area (Å²) in [6.45, 7) is 1.43. The van der Waals surface area contributed by atoms with Crippen LogP contribution >= 0.6 is 0 Å². The highest BCUT2D eigenvalue weighted by Crippen LogP contribution is 2.07. The Morgan fingerprint density at radius 3 is 2.84 bits per heavy atom. The Labute approximate surface area is 110 Å². The fourth-order valence-electron chi connectivity index (χ4n) is 1.41. The number of anilines is 2. The summed E-state index contributed by atoms with van der Waals surface area (Å²) < 4.78 is 0. The minimum absolute atomic E-state index is 0.174. The standard InChI is InChI=1S/C14H12N4O/c1-10(19)18-14-9-11(6-8-17-14)4-5-13-12(15)3-2-7-16-13/h2-3,6-9H,15H2,1H3,(H,17,18,19). The van der Waals surface area contributed by atoms with E-state index >= 15 is 0 Å². The van der Waals surface area contributed by atoms with Gasteiger partial charge in [0.25, 0.3) is 0 Å². The first-order valence-corrected chi connectivity index (χ1v) is 5.61. The van der Waals surface area contributed by atoms with Gasteiger partial charge in [0.15, 0.2) is 0 Å². The number of rotatable bonds is 1. The van der Waals surface area contributed by atoms with Crippen LogP contribution in [0.25, 0.3) is 0 Å². The minimum atomic E-state index is -0.174. The normalized spacial score (nSPS) is 9.32. The highest BCUT2D eigenvalue weighted by molar-refractivity contribution is 5.87. The van der Waals surface area contributed by atoms with Crippen molar-refractivity contribution in [3.8, 4) is 11.8 Å². The Bertz CT molecular complexity index is 670. The first-order valence-electron chi connectivity index (χ1n) is 5.61. The Hall–Kier alpha value is -2.87. The van der Waals surface area contributed by atoms with Gasteiger partial charge >= 0.3 is 0 Å². The zero-order valence-corrected chi connectivity index (χ0v) is 10.3. The van der Waals surface area contributed by atoms with E-state index in [9.17, 15) is 4.79 Å². The van der Waals surface area contributed by atoms with Crippen LogP contribution in [0.15, 0.2) is 36.7 Å². The summed E-state index contributed by atoms with van der Waals surface area (Å²) in [6.07, 6.45) is 3.22. The molecule has 2 heterocycles. The summed E-state index contributed by atoms with van der Waals surface area (Å²) in [7, 11) is 0. The van der Waals surface area contributed by atoms with Crippen LogP contribution in [0.4, 0.5) is 11.5 Å². The number of nitrogen functional groups attached to an aromatic ring is 1.